The van der Waals surface area contributed by atoms with E-state index in [0.29, 0.717) is 5.56 Å². The van der Waals surface area contributed by atoms with Crippen LogP contribution in [0.3, 0.4) is 0 Å². The fourth-order valence-electron chi connectivity index (χ4n) is 5.07. The van der Waals surface area contributed by atoms with Gasteiger partial charge in [-0.2, -0.15) is 0 Å². The standard InChI is InChI=1S/C27H32O14/c1-10-20(32)22(34)24(36)26(37-10)41-25-23(35)21(33)18(9-28)40-27(25)38-13-6-14(30)19-15(31)8-16(39-17(19)7-13)11-2-4-12(29)5-3-11/h2-7,10,16,18,20-30,32-36H,8-9H2,1H3/t10-,16?,18+,20+,21+,22+,23?,24+,25+,26-,27+/m0/s1. The van der Waals surface area contributed by atoms with E-state index in [0.717, 1.165) is 6.07 Å². The van der Waals surface area contributed by atoms with Crippen molar-refractivity contribution in [2.24, 2.45) is 0 Å². The van der Waals surface area contributed by atoms with Gasteiger partial charge in [0.1, 0.15) is 71.3 Å². The fraction of sp³-hybridized carbons (Fsp3) is 0.519. The Hall–Kier alpha value is -3.05. The van der Waals surface area contributed by atoms with Gasteiger partial charge in [0.2, 0.25) is 6.29 Å². The molecule has 41 heavy (non-hydrogen) atoms. The molecular weight excluding hydrogens is 548 g/mol. The van der Waals surface area contributed by atoms with Crippen LogP contribution in [0.1, 0.15) is 35.4 Å². The predicted octanol–water partition coefficient (Wildman–Crippen LogP) is -1.17. The molecule has 0 aromatic heterocycles. The average Bonchev–Trinajstić information content (AvgIpc) is 2.94. The van der Waals surface area contributed by atoms with Crippen LogP contribution in [0.5, 0.6) is 23.0 Å². The van der Waals surface area contributed by atoms with Crippen LogP contribution in [0.15, 0.2) is 36.4 Å². The highest BCUT2D eigenvalue weighted by Crippen LogP contribution is 2.43. The number of phenols is 2. The van der Waals surface area contributed by atoms with E-state index in [1.54, 1.807) is 12.1 Å². The Bertz CT molecular complexity index is 1240. The summed E-state index contributed by atoms with van der Waals surface area (Å²) in [6, 6.07) is 8.50. The molecule has 3 aliphatic rings. The molecule has 0 radical (unpaired) electrons. The average molecular weight is 581 g/mol. The molecule has 2 unspecified atom stereocenters. The highest BCUT2D eigenvalue weighted by molar-refractivity contribution is 6.02. The van der Waals surface area contributed by atoms with Crippen LogP contribution < -0.4 is 9.47 Å². The third-order valence-corrected chi connectivity index (χ3v) is 7.42. The van der Waals surface area contributed by atoms with Crippen LogP contribution in [0.4, 0.5) is 0 Å². The number of hydrogen-bond donors (Lipinski definition) is 8. The molecule has 2 aromatic rings. The molecular formula is C27H32O14. The second-order valence-electron chi connectivity index (χ2n) is 10.2. The van der Waals surface area contributed by atoms with Crippen molar-refractivity contribution in [1.82, 2.24) is 0 Å². The Kier molecular flexibility index (Phi) is 8.39. The van der Waals surface area contributed by atoms with Crippen LogP contribution in [-0.4, -0.2) is 115 Å². The summed E-state index contributed by atoms with van der Waals surface area (Å²) >= 11 is 0. The smallest absolute Gasteiger partial charge is 0.229 e. The summed E-state index contributed by atoms with van der Waals surface area (Å²) in [5, 5.41) is 81.6. The summed E-state index contributed by atoms with van der Waals surface area (Å²) in [5.74, 6) is -0.947. The van der Waals surface area contributed by atoms with Gasteiger partial charge in [-0.05, 0) is 24.6 Å². The molecule has 0 bridgehead atoms. The van der Waals surface area contributed by atoms with Crippen molar-refractivity contribution in [2.45, 2.75) is 80.9 Å². The summed E-state index contributed by atoms with van der Waals surface area (Å²) in [5.41, 5.74) is 0.529. The van der Waals surface area contributed by atoms with E-state index in [1.165, 1.54) is 25.1 Å². The molecule has 3 aliphatic heterocycles. The minimum atomic E-state index is -1.75. The highest BCUT2D eigenvalue weighted by atomic mass is 16.8. The van der Waals surface area contributed by atoms with Crippen molar-refractivity contribution < 1.29 is 69.3 Å². The van der Waals surface area contributed by atoms with Gasteiger partial charge in [0.25, 0.3) is 0 Å². The zero-order valence-electron chi connectivity index (χ0n) is 21.8. The number of carbonyl (C=O) groups is 1. The predicted molar refractivity (Wildman–Crippen MR) is 134 cm³/mol. The zero-order valence-corrected chi connectivity index (χ0v) is 21.8. The first-order chi connectivity index (χ1) is 19.5. The number of ether oxygens (including phenoxy) is 5. The van der Waals surface area contributed by atoms with Crippen molar-refractivity contribution in [2.75, 3.05) is 6.61 Å². The second kappa shape index (κ2) is 11.7. The van der Waals surface area contributed by atoms with Crippen LogP contribution in [0.25, 0.3) is 0 Å². The van der Waals surface area contributed by atoms with Crippen LogP contribution >= 0.6 is 0 Å². The number of carbonyl (C=O) groups excluding carboxylic acids is 1. The first-order valence-electron chi connectivity index (χ1n) is 13.0. The summed E-state index contributed by atoms with van der Waals surface area (Å²) in [6.45, 7) is 0.716. The maximum Gasteiger partial charge on any atom is 0.229 e. The van der Waals surface area contributed by atoms with Crippen molar-refractivity contribution >= 4 is 5.78 Å². The molecule has 0 saturated carbocycles. The van der Waals surface area contributed by atoms with Gasteiger partial charge in [-0.15, -0.1) is 0 Å². The van der Waals surface area contributed by atoms with Crippen LogP contribution in [-0.2, 0) is 14.2 Å². The number of fused-ring (bicyclic) bond motifs is 1. The summed E-state index contributed by atoms with van der Waals surface area (Å²) in [4.78, 5) is 12.9. The molecule has 11 atom stereocenters. The topological polar surface area (TPSA) is 225 Å². The van der Waals surface area contributed by atoms with Crippen LogP contribution in [0.2, 0.25) is 0 Å². The van der Waals surface area contributed by atoms with Gasteiger partial charge >= 0.3 is 0 Å². The third-order valence-electron chi connectivity index (χ3n) is 7.42. The maximum atomic E-state index is 12.9. The lowest BCUT2D eigenvalue weighted by Gasteiger charge is -2.45. The molecule has 2 saturated heterocycles. The van der Waals surface area contributed by atoms with Crippen molar-refractivity contribution in [3.63, 3.8) is 0 Å². The fourth-order valence-corrected chi connectivity index (χ4v) is 5.07. The van der Waals surface area contributed by atoms with Gasteiger partial charge in [-0.3, -0.25) is 4.79 Å². The van der Waals surface area contributed by atoms with Gasteiger partial charge in [-0.1, -0.05) is 12.1 Å². The lowest BCUT2D eigenvalue weighted by Crippen LogP contribution is -2.64. The number of aromatic hydroxyl groups is 2. The molecule has 2 aromatic carbocycles. The first-order valence-corrected chi connectivity index (χ1v) is 13.0. The Labute approximate surface area is 233 Å². The number of hydrogen-bond acceptors (Lipinski definition) is 14. The number of aliphatic hydroxyl groups excluding tert-OH is 6. The Morgan fingerprint density at radius 3 is 2.27 bits per heavy atom. The van der Waals surface area contributed by atoms with E-state index in [1.807, 2.05) is 0 Å². The number of phenolic OH excluding ortho intramolecular Hbond substituents is 2. The largest absolute Gasteiger partial charge is 0.508 e. The Balaban J connectivity index is 1.41. The number of ketones is 1. The molecule has 2 fully saturated rings. The lowest BCUT2D eigenvalue weighted by atomic mass is 9.95. The van der Waals surface area contributed by atoms with E-state index in [9.17, 15) is 45.6 Å². The van der Waals surface area contributed by atoms with Gasteiger partial charge in [0, 0.05) is 12.1 Å². The normalized spacial score (nSPS) is 37.2. The highest BCUT2D eigenvalue weighted by Gasteiger charge is 2.51. The molecule has 5 rings (SSSR count). The van der Waals surface area contributed by atoms with Crippen molar-refractivity contribution in [1.29, 1.82) is 0 Å². The molecule has 224 valence electrons. The van der Waals surface area contributed by atoms with Crippen LogP contribution in [0, 0.1) is 0 Å². The van der Waals surface area contributed by atoms with E-state index in [2.05, 4.69) is 0 Å². The van der Waals surface area contributed by atoms with Gasteiger partial charge in [0.05, 0.1) is 19.1 Å². The number of aliphatic hydroxyl groups is 6. The summed E-state index contributed by atoms with van der Waals surface area (Å²) < 4.78 is 28.6. The maximum absolute atomic E-state index is 12.9. The first kappa shape index (κ1) is 29.4. The van der Waals surface area contributed by atoms with E-state index in [4.69, 9.17) is 23.7 Å². The summed E-state index contributed by atoms with van der Waals surface area (Å²) in [6.07, 6.45) is -16.0. The number of Topliss-reactive ketones (excluding diaryl/α,β-unsaturated/α-hetero) is 1. The van der Waals surface area contributed by atoms with E-state index >= 15 is 0 Å². The number of rotatable bonds is 6. The van der Waals surface area contributed by atoms with E-state index < -0.39 is 85.7 Å². The van der Waals surface area contributed by atoms with Gasteiger partial charge in [-0.25, -0.2) is 0 Å². The molecule has 14 nitrogen and oxygen atoms in total. The van der Waals surface area contributed by atoms with Gasteiger partial charge < -0.3 is 64.5 Å². The monoisotopic (exact) mass is 580 g/mol. The van der Waals surface area contributed by atoms with E-state index in [-0.39, 0.29) is 29.2 Å². The minimum Gasteiger partial charge on any atom is -0.508 e. The molecule has 3 heterocycles. The Morgan fingerprint density at radius 1 is 0.878 bits per heavy atom. The molecule has 8 N–H and O–H groups in total. The zero-order chi connectivity index (χ0) is 29.6. The third kappa shape index (κ3) is 5.70. The number of benzene rings is 2. The SMILES string of the molecule is C[C@@H]1O[C@@H](O[C@@H]2C(O)[C@H](O)[C@@H](CO)O[C@H]2Oc2cc(O)c3c(c2)OC(c2ccc(O)cc2)CC3=O)[C@H](O)[C@H](O)[C@@H]1O. The Morgan fingerprint density at radius 2 is 1.59 bits per heavy atom. The second-order valence-corrected chi connectivity index (χ2v) is 10.2. The summed E-state index contributed by atoms with van der Waals surface area (Å²) in [7, 11) is 0. The van der Waals surface area contributed by atoms with Crippen molar-refractivity contribution in [3.05, 3.63) is 47.5 Å². The van der Waals surface area contributed by atoms with Crippen molar-refractivity contribution in [3.8, 4) is 23.0 Å². The quantitative estimate of drug-likeness (QED) is 0.202. The molecule has 0 amide bonds. The minimum absolute atomic E-state index is 0.0149. The molecule has 14 heteroatoms. The molecule has 0 spiro atoms. The van der Waals surface area contributed by atoms with Gasteiger partial charge in [0.15, 0.2) is 18.2 Å². The molecule has 0 aliphatic carbocycles. The lowest BCUT2D eigenvalue weighted by molar-refractivity contribution is -0.354.